The molecule has 1 aromatic heterocycles. The molecule has 100 valence electrons. The molecule has 0 bridgehead atoms. The summed E-state index contributed by atoms with van der Waals surface area (Å²) in [5.41, 5.74) is -1.00. The summed E-state index contributed by atoms with van der Waals surface area (Å²) in [6.07, 6.45) is 2.15. The summed E-state index contributed by atoms with van der Waals surface area (Å²) in [5, 5.41) is 16.5. The highest BCUT2D eigenvalue weighted by Gasteiger charge is 2.22. The van der Waals surface area contributed by atoms with E-state index < -0.39 is 26.5 Å². The fourth-order valence-corrected chi connectivity index (χ4v) is 2.31. The van der Waals surface area contributed by atoms with Crippen molar-refractivity contribution in [2.24, 2.45) is 0 Å². The minimum Gasteiger partial charge on any atom is -0.284 e. The number of hydrogen-bond donors (Lipinski definition) is 2. The van der Waals surface area contributed by atoms with Crippen LogP contribution in [0.3, 0.4) is 0 Å². The maximum absolute atomic E-state index is 12.9. The van der Waals surface area contributed by atoms with Crippen LogP contribution in [0.1, 0.15) is 0 Å². The maximum atomic E-state index is 12.9. The van der Waals surface area contributed by atoms with Crippen molar-refractivity contribution in [1.82, 2.24) is 10.2 Å². The summed E-state index contributed by atoms with van der Waals surface area (Å²) in [6, 6.07) is 2.53. The first-order chi connectivity index (χ1) is 8.90. The topological polar surface area (TPSA) is 118 Å². The molecule has 0 unspecified atom stereocenters. The largest absolute Gasteiger partial charge is 0.296 e. The minimum absolute atomic E-state index is 0.189. The van der Waals surface area contributed by atoms with Gasteiger partial charge in [-0.2, -0.15) is 5.10 Å². The van der Waals surface area contributed by atoms with Crippen molar-refractivity contribution in [1.29, 1.82) is 0 Å². The monoisotopic (exact) mass is 286 g/mol. The summed E-state index contributed by atoms with van der Waals surface area (Å²) >= 11 is 0. The maximum Gasteiger partial charge on any atom is 0.296 e. The van der Waals surface area contributed by atoms with Crippen molar-refractivity contribution < 1.29 is 17.7 Å². The first kappa shape index (κ1) is 13.0. The summed E-state index contributed by atoms with van der Waals surface area (Å²) in [7, 11) is -4.01. The SMILES string of the molecule is O=[N+]([O-])c1cc(F)ccc1NS(=O)(=O)c1cn[nH]c1. The Hall–Kier alpha value is -2.49. The quantitative estimate of drug-likeness (QED) is 0.648. The van der Waals surface area contributed by atoms with Crippen LogP contribution in [0.2, 0.25) is 0 Å². The lowest BCUT2D eigenvalue weighted by Gasteiger charge is -2.06. The molecule has 0 saturated heterocycles. The fourth-order valence-electron chi connectivity index (χ4n) is 1.33. The van der Waals surface area contributed by atoms with Gasteiger partial charge in [-0.05, 0) is 12.1 Å². The van der Waals surface area contributed by atoms with Crippen LogP contribution in [-0.4, -0.2) is 23.5 Å². The van der Waals surface area contributed by atoms with Gasteiger partial charge in [0.2, 0.25) is 0 Å². The van der Waals surface area contributed by atoms with Gasteiger partial charge in [0.25, 0.3) is 15.7 Å². The van der Waals surface area contributed by atoms with E-state index >= 15 is 0 Å². The van der Waals surface area contributed by atoms with Crippen LogP contribution >= 0.6 is 0 Å². The van der Waals surface area contributed by atoms with Crippen molar-refractivity contribution in [3.63, 3.8) is 0 Å². The molecule has 0 saturated carbocycles. The van der Waals surface area contributed by atoms with Crippen LogP contribution in [0.15, 0.2) is 35.5 Å². The third-order valence-electron chi connectivity index (χ3n) is 2.18. The van der Waals surface area contributed by atoms with Crippen molar-refractivity contribution in [2.45, 2.75) is 4.90 Å². The van der Waals surface area contributed by atoms with Crippen molar-refractivity contribution >= 4 is 21.4 Å². The second-order valence-electron chi connectivity index (χ2n) is 3.46. The third kappa shape index (κ3) is 2.68. The first-order valence-corrected chi connectivity index (χ1v) is 6.34. The molecule has 0 radical (unpaired) electrons. The van der Waals surface area contributed by atoms with E-state index in [9.17, 15) is 22.9 Å². The summed E-state index contributed by atoms with van der Waals surface area (Å²) in [5.74, 6) is -0.835. The lowest BCUT2D eigenvalue weighted by atomic mass is 10.3. The predicted octanol–water partition coefficient (Wildman–Crippen LogP) is 1.26. The number of nitro benzene ring substituents is 1. The highest BCUT2D eigenvalue weighted by Crippen LogP contribution is 2.27. The number of benzene rings is 1. The van der Waals surface area contributed by atoms with Crippen LogP contribution in [0.4, 0.5) is 15.8 Å². The molecule has 19 heavy (non-hydrogen) atoms. The Morgan fingerprint density at radius 3 is 2.74 bits per heavy atom. The molecule has 0 spiro atoms. The molecule has 2 rings (SSSR count). The molecular formula is C9H7FN4O4S. The smallest absolute Gasteiger partial charge is 0.284 e. The second kappa shape index (κ2) is 4.65. The third-order valence-corrected chi connectivity index (χ3v) is 3.52. The van der Waals surface area contributed by atoms with E-state index in [1.54, 1.807) is 0 Å². The van der Waals surface area contributed by atoms with Gasteiger partial charge in [0.15, 0.2) is 0 Å². The van der Waals surface area contributed by atoms with Crippen molar-refractivity contribution in [3.05, 3.63) is 46.5 Å². The number of rotatable bonds is 4. The lowest BCUT2D eigenvalue weighted by Crippen LogP contribution is -2.13. The highest BCUT2D eigenvalue weighted by atomic mass is 32.2. The first-order valence-electron chi connectivity index (χ1n) is 4.86. The van der Waals surface area contributed by atoms with Crippen LogP contribution in [0.5, 0.6) is 0 Å². The zero-order chi connectivity index (χ0) is 14.0. The minimum atomic E-state index is -4.01. The normalized spacial score (nSPS) is 11.2. The molecule has 0 fully saturated rings. The number of anilines is 1. The van der Waals surface area contributed by atoms with Crippen LogP contribution in [0.25, 0.3) is 0 Å². The van der Waals surface area contributed by atoms with Crippen LogP contribution in [-0.2, 0) is 10.0 Å². The average molecular weight is 286 g/mol. The molecule has 0 amide bonds. The molecule has 10 heteroatoms. The van der Waals surface area contributed by atoms with Gasteiger partial charge < -0.3 is 0 Å². The number of sulfonamides is 1. The molecule has 1 aromatic carbocycles. The van der Waals surface area contributed by atoms with Gasteiger partial charge in [-0.25, -0.2) is 12.8 Å². The molecule has 0 aliphatic carbocycles. The van der Waals surface area contributed by atoms with Gasteiger partial charge in [0.05, 0.1) is 17.2 Å². The molecule has 2 aromatic rings. The van der Waals surface area contributed by atoms with Crippen molar-refractivity contribution in [3.8, 4) is 0 Å². The standard InChI is InChI=1S/C9H7FN4O4S/c10-6-1-2-8(9(3-6)14(15)16)13-19(17,18)7-4-11-12-5-7/h1-5,13H,(H,11,12). The van der Waals surface area contributed by atoms with Gasteiger partial charge in [-0.3, -0.25) is 19.9 Å². The predicted molar refractivity (Wildman–Crippen MR) is 62.5 cm³/mol. The Kier molecular flexibility index (Phi) is 3.17. The van der Waals surface area contributed by atoms with E-state index in [4.69, 9.17) is 0 Å². The zero-order valence-corrected chi connectivity index (χ0v) is 10.0. The molecule has 2 N–H and O–H groups in total. The highest BCUT2D eigenvalue weighted by molar-refractivity contribution is 7.92. The average Bonchev–Trinajstić information content (AvgIpc) is 2.85. The zero-order valence-electron chi connectivity index (χ0n) is 9.20. The number of H-pyrrole nitrogens is 1. The number of hydrogen-bond acceptors (Lipinski definition) is 5. The Morgan fingerprint density at radius 2 is 2.16 bits per heavy atom. The summed E-state index contributed by atoms with van der Waals surface area (Å²) in [4.78, 5) is 9.66. The van der Waals surface area contributed by atoms with Crippen LogP contribution in [0, 0.1) is 15.9 Å². The summed E-state index contributed by atoms with van der Waals surface area (Å²) in [6.45, 7) is 0. The number of halogens is 1. The number of nitrogens with zero attached hydrogens (tertiary/aromatic N) is 2. The number of nitrogens with one attached hydrogen (secondary N) is 2. The van der Waals surface area contributed by atoms with E-state index in [0.29, 0.717) is 6.07 Å². The molecule has 1 heterocycles. The number of aromatic nitrogens is 2. The Balaban J connectivity index is 2.42. The van der Waals surface area contributed by atoms with Gasteiger partial charge in [-0.15, -0.1) is 0 Å². The van der Waals surface area contributed by atoms with Crippen LogP contribution < -0.4 is 4.72 Å². The van der Waals surface area contributed by atoms with E-state index in [1.807, 2.05) is 4.72 Å². The van der Waals surface area contributed by atoms with E-state index in [1.165, 1.54) is 0 Å². The Bertz CT molecular complexity index is 714. The molecule has 8 nitrogen and oxygen atoms in total. The van der Waals surface area contributed by atoms with Gasteiger partial charge in [-0.1, -0.05) is 0 Å². The van der Waals surface area contributed by atoms with E-state index in [2.05, 4.69) is 10.2 Å². The number of aromatic amines is 1. The van der Waals surface area contributed by atoms with E-state index in [0.717, 1.165) is 24.5 Å². The van der Waals surface area contributed by atoms with Gasteiger partial charge >= 0.3 is 0 Å². The Morgan fingerprint density at radius 1 is 1.42 bits per heavy atom. The van der Waals surface area contributed by atoms with E-state index in [-0.39, 0.29) is 10.6 Å². The summed E-state index contributed by atoms with van der Waals surface area (Å²) < 4.78 is 38.6. The fraction of sp³-hybridized carbons (Fsp3) is 0. The molecule has 0 aliphatic heterocycles. The molecular weight excluding hydrogens is 279 g/mol. The van der Waals surface area contributed by atoms with Crippen molar-refractivity contribution in [2.75, 3.05) is 4.72 Å². The van der Waals surface area contributed by atoms with Gasteiger partial charge in [0, 0.05) is 6.20 Å². The molecule has 0 atom stereocenters. The second-order valence-corrected chi connectivity index (χ2v) is 5.14. The Labute approximate surface area is 106 Å². The van der Waals surface area contributed by atoms with Gasteiger partial charge in [0.1, 0.15) is 16.4 Å². The lowest BCUT2D eigenvalue weighted by molar-refractivity contribution is -0.384. The molecule has 0 aliphatic rings. The number of nitro groups is 1.